The van der Waals surface area contributed by atoms with Crippen LogP contribution in [0, 0.1) is 0 Å². The van der Waals surface area contributed by atoms with Crippen molar-refractivity contribution in [1.82, 2.24) is 0 Å². The van der Waals surface area contributed by atoms with E-state index < -0.39 is 63.1 Å². The first-order valence-corrected chi connectivity index (χ1v) is 28.0. The topological polar surface area (TPSA) is 192 Å². The van der Waals surface area contributed by atoms with Crippen LogP contribution in [0.3, 0.4) is 0 Å². The number of esters is 1. The van der Waals surface area contributed by atoms with Gasteiger partial charge in [-0.1, -0.05) is 212 Å². The van der Waals surface area contributed by atoms with Crippen LogP contribution in [0.5, 0.6) is 0 Å². The Morgan fingerprint density at radius 1 is 0.484 bits per heavy atom. The average molecular weight is 935 g/mol. The Labute approximate surface area is 390 Å². The summed E-state index contributed by atoms with van der Waals surface area (Å²) in [5, 5.41) is 50.3. The van der Waals surface area contributed by atoms with Crippen LogP contribution in [0.15, 0.2) is 12.2 Å². The summed E-state index contributed by atoms with van der Waals surface area (Å²) in [7, 11) is -5.02. The van der Waals surface area contributed by atoms with Gasteiger partial charge in [0.25, 0.3) is 0 Å². The molecule has 0 amide bonds. The molecule has 64 heavy (non-hydrogen) atoms. The fourth-order valence-corrected chi connectivity index (χ4v) is 9.38. The van der Waals surface area contributed by atoms with Crippen molar-refractivity contribution in [1.29, 1.82) is 0 Å². The number of rotatable bonds is 46. The minimum Gasteiger partial charge on any atom is -0.457 e. The second-order valence-corrected chi connectivity index (χ2v) is 20.1. The van der Waals surface area contributed by atoms with Crippen LogP contribution in [-0.2, 0) is 27.9 Å². The number of phosphoric acid groups is 1. The Hall–Kier alpha value is -0.920. The fourth-order valence-electron chi connectivity index (χ4n) is 8.41. The zero-order valence-electron chi connectivity index (χ0n) is 40.9. The highest BCUT2D eigenvalue weighted by molar-refractivity contribution is 7.47. The zero-order chi connectivity index (χ0) is 46.9. The summed E-state index contributed by atoms with van der Waals surface area (Å²) in [5.74, 6) is -0.473. The van der Waals surface area contributed by atoms with Crippen LogP contribution in [0.2, 0.25) is 0 Å². The summed E-state index contributed by atoms with van der Waals surface area (Å²) in [6.45, 7) is 4.28. The highest BCUT2D eigenvalue weighted by Crippen LogP contribution is 2.47. The summed E-state index contributed by atoms with van der Waals surface area (Å²) in [4.78, 5) is 23.2. The number of ether oxygens (including phenoxy) is 2. The SMILES string of the molecule is CCCCCC/C=C\CCCCCCCCOCC(COP(=O)(O)OC1C(O)C(O)C(O)C(O)C1O)OC(=O)CCCCCCCCCCCCCCCCCCCCCCCCC. The summed E-state index contributed by atoms with van der Waals surface area (Å²) in [6, 6.07) is 0. The Kier molecular flexibility index (Phi) is 40.3. The third kappa shape index (κ3) is 33.5. The maximum absolute atomic E-state index is 12.8. The summed E-state index contributed by atoms with van der Waals surface area (Å²) < 4.78 is 34.3. The minimum atomic E-state index is -5.02. The molecule has 0 aromatic carbocycles. The number of unbranched alkanes of at least 4 members (excludes halogenated alkanes) is 32. The second-order valence-electron chi connectivity index (χ2n) is 18.7. The van der Waals surface area contributed by atoms with Gasteiger partial charge in [0.2, 0.25) is 0 Å². The van der Waals surface area contributed by atoms with E-state index in [1.54, 1.807) is 0 Å². The molecule has 0 radical (unpaired) electrons. The molecule has 1 aliphatic rings. The first kappa shape index (κ1) is 61.1. The van der Waals surface area contributed by atoms with E-state index in [1.807, 2.05) is 0 Å². The number of hydrogen-bond donors (Lipinski definition) is 6. The van der Waals surface area contributed by atoms with Gasteiger partial charge in [0.1, 0.15) is 42.7 Å². The molecule has 1 fully saturated rings. The summed E-state index contributed by atoms with van der Waals surface area (Å²) >= 11 is 0. The molecule has 1 rings (SSSR count). The molecular formula is C51H99O12P. The van der Waals surface area contributed by atoms with Gasteiger partial charge in [-0.05, 0) is 38.5 Å². The maximum Gasteiger partial charge on any atom is 0.472 e. The van der Waals surface area contributed by atoms with E-state index in [1.165, 1.54) is 167 Å². The van der Waals surface area contributed by atoms with Gasteiger partial charge in [0, 0.05) is 13.0 Å². The number of hydrogen-bond acceptors (Lipinski definition) is 11. The number of carbonyl (C=O) groups excluding carboxylic acids is 1. The van der Waals surface area contributed by atoms with Crippen LogP contribution in [0.25, 0.3) is 0 Å². The largest absolute Gasteiger partial charge is 0.472 e. The van der Waals surface area contributed by atoms with Gasteiger partial charge in [-0.2, -0.15) is 0 Å². The lowest BCUT2D eigenvalue weighted by Crippen LogP contribution is -2.64. The quantitative estimate of drug-likeness (QED) is 0.0147. The predicted molar refractivity (Wildman–Crippen MR) is 258 cm³/mol. The van der Waals surface area contributed by atoms with Crippen molar-refractivity contribution < 1.29 is 58.3 Å². The first-order chi connectivity index (χ1) is 31.0. The van der Waals surface area contributed by atoms with E-state index in [2.05, 4.69) is 26.0 Å². The molecule has 0 aromatic heterocycles. The monoisotopic (exact) mass is 935 g/mol. The molecule has 0 aromatic rings. The lowest BCUT2D eigenvalue weighted by molar-refractivity contribution is -0.220. The van der Waals surface area contributed by atoms with Crippen molar-refractivity contribution in [2.24, 2.45) is 0 Å². The molecule has 1 saturated carbocycles. The van der Waals surface area contributed by atoms with E-state index in [-0.39, 0.29) is 13.0 Å². The van der Waals surface area contributed by atoms with E-state index in [4.69, 9.17) is 18.5 Å². The third-order valence-electron chi connectivity index (χ3n) is 12.6. The van der Waals surface area contributed by atoms with Crippen molar-refractivity contribution in [3.8, 4) is 0 Å². The maximum atomic E-state index is 12.8. The third-order valence-corrected chi connectivity index (χ3v) is 13.6. The Balaban J connectivity index is 2.28. The number of phosphoric ester groups is 1. The van der Waals surface area contributed by atoms with Gasteiger partial charge in [-0.25, -0.2) is 4.57 Å². The molecule has 6 unspecified atom stereocenters. The lowest BCUT2D eigenvalue weighted by Gasteiger charge is -2.41. The molecule has 0 spiro atoms. The number of carbonyl (C=O) groups is 1. The van der Waals surface area contributed by atoms with Gasteiger partial charge >= 0.3 is 13.8 Å². The number of aliphatic hydroxyl groups is 5. The van der Waals surface area contributed by atoms with Gasteiger partial charge in [-0.3, -0.25) is 13.8 Å². The summed E-state index contributed by atoms with van der Waals surface area (Å²) in [6.07, 6.45) is 35.7. The number of aliphatic hydroxyl groups excluding tert-OH is 5. The minimum absolute atomic E-state index is 0.0752. The average Bonchev–Trinajstić information content (AvgIpc) is 3.28. The first-order valence-electron chi connectivity index (χ1n) is 26.5. The van der Waals surface area contributed by atoms with Crippen molar-refractivity contribution in [3.05, 3.63) is 12.2 Å². The summed E-state index contributed by atoms with van der Waals surface area (Å²) in [5.41, 5.74) is 0. The molecule has 0 saturated heterocycles. The fraction of sp³-hybridized carbons (Fsp3) is 0.941. The normalized spacial score (nSPS) is 21.7. The predicted octanol–water partition coefficient (Wildman–Crippen LogP) is 11.9. The molecule has 6 N–H and O–H groups in total. The molecule has 1 aliphatic carbocycles. The molecule has 12 nitrogen and oxygen atoms in total. The molecule has 0 heterocycles. The van der Waals surface area contributed by atoms with E-state index in [0.29, 0.717) is 13.0 Å². The molecule has 0 bridgehead atoms. The van der Waals surface area contributed by atoms with Crippen molar-refractivity contribution in [2.75, 3.05) is 19.8 Å². The van der Waals surface area contributed by atoms with Crippen molar-refractivity contribution in [3.63, 3.8) is 0 Å². The second kappa shape index (κ2) is 42.2. The molecule has 6 atom stereocenters. The molecule has 0 aliphatic heterocycles. The smallest absolute Gasteiger partial charge is 0.457 e. The van der Waals surface area contributed by atoms with Gasteiger partial charge in [0.05, 0.1) is 13.2 Å². The van der Waals surface area contributed by atoms with E-state index >= 15 is 0 Å². The van der Waals surface area contributed by atoms with E-state index in [9.17, 15) is 39.8 Å². The van der Waals surface area contributed by atoms with Gasteiger partial charge in [0.15, 0.2) is 0 Å². The molecule has 380 valence electrons. The van der Waals surface area contributed by atoms with Crippen LogP contribution < -0.4 is 0 Å². The highest BCUT2D eigenvalue weighted by Gasteiger charge is 2.51. The number of allylic oxidation sites excluding steroid dienone is 2. The van der Waals surface area contributed by atoms with Crippen LogP contribution in [-0.4, -0.2) is 98.9 Å². The lowest BCUT2D eigenvalue weighted by atomic mass is 9.85. The highest BCUT2D eigenvalue weighted by atomic mass is 31.2. The zero-order valence-corrected chi connectivity index (χ0v) is 41.7. The van der Waals surface area contributed by atoms with Gasteiger partial charge < -0.3 is 39.9 Å². The molecular weight excluding hydrogens is 836 g/mol. The van der Waals surface area contributed by atoms with Crippen molar-refractivity contribution >= 4 is 13.8 Å². The van der Waals surface area contributed by atoms with Crippen molar-refractivity contribution in [2.45, 2.75) is 288 Å². The van der Waals surface area contributed by atoms with Crippen LogP contribution in [0.4, 0.5) is 0 Å². The Morgan fingerprint density at radius 3 is 1.25 bits per heavy atom. The Bertz CT molecular complexity index is 1110. The Morgan fingerprint density at radius 2 is 0.828 bits per heavy atom. The van der Waals surface area contributed by atoms with E-state index in [0.717, 1.165) is 51.4 Å². The van der Waals surface area contributed by atoms with Crippen LogP contribution in [0.1, 0.15) is 245 Å². The molecule has 13 heteroatoms. The van der Waals surface area contributed by atoms with Crippen LogP contribution >= 0.6 is 7.82 Å². The standard InChI is InChI=1S/C51H99O12P/c1-3-5-7-9-11-13-15-17-19-20-21-22-23-24-25-26-27-28-30-32-34-36-38-40-45(52)62-44(42-60-41-39-37-35-33-31-29-18-16-14-12-10-8-6-4-2)43-61-64(58,59)63-51-49(56)47(54)46(53)48(55)50(51)57/h14,16,44,46-51,53-57H,3-13,15,17-43H2,1-2H3,(H,58,59)/b16-14-. The van der Waals surface area contributed by atoms with Gasteiger partial charge in [-0.15, -0.1) is 0 Å².